The monoisotopic (exact) mass is 427 g/mol. The number of hydrogen-bond acceptors (Lipinski definition) is 5. The van der Waals surface area contributed by atoms with Gasteiger partial charge in [-0.1, -0.05) is 42.5 Å². The smallest absolute Gasteiger partial charge is 0.252 e. The molecule has 6 nitrogen and oxygen atoms in total. The molecule has 1 unspecified atom stereocenters. The lowest BCUT2D eigenvalue weighted by atomic mass is 10.1. The van der Waals surface area contributed by atoms with Crippen molar-refractivity contribution < 1.29 is 13.6 Å². The maximum atomic E-state index is 13.2. The fourth-order valence-electron chi connectivity index (χ4n) is 4.23. The molecule has 1 N–H and O–H groups in total. The van der Waals surface area contributed by atoms with Gasteiger partial charge in [-0.05, 0) is 50.2 Å². The lowest BCUT2D eigenvalue weighted by Crippen LogP contribution is -2.36. The van der Waals surface area contributed by atoms with E-state index in [0.717, 1.165) is 24.4 Å². The Hall–Kier alpha value is -3.64. The first kappa shape index (κ1) is 20.3. The van der Waals surface area contributed by atoms with E-state index in [9.17, 15) is 4.79 Å². The lowest BCUT2D eigenvalue weighted by molar-refractivity contribution is 0.0934. The number of carbonyl (C=O) groups is 1. The van der Waals surface area contributed by atoms with Crippen molar-refractivity contribution in [2.75, 3.05) is 19.6 Å². The van der Waals surface area contributed by atoms with Gasteiger partial charge in [0, 0.05) is 17.7 Å². The van der Waals surface area contributed by atoms with Crippen molar-refractivity contribution in [2.24, 2.45) is 0 Å². The molecular formula is C26H25N3O3. The minimum Gasteiger partial charge on any atom is -0.468 e. The maximum absolute atomic E-state index is 13.2. The highest BCUT2D eigenvalue weighted by Gasteiger charge is 2.26. The molecular weight excluding hydrogens is 402 g/mol. The first-order valence-corrected chi connectivity index (χ1v) is 11.0. The van der Waals surface area contributed by atoms with Crippen molar-refractivity contribution in [3.05, 3.63) is 90.5 Å². The number of amides is 1. The van der Waals surface area contributed by atoms with E-state index in [1.807, 2.05) is 60.7 Å². The highest BCUT2D eigenvalue weighted by atomic mass is 16.4. The van der Waals surface area contributed by atoms with Gasteiger partial charge in [0.25, 0.3) is 5.91 Å². The molecule has 2 aromatic carbocycles. The van der Waals surface area contributed by atoms with Gasteiger partial charge in [-0.2, -0.15) is 0 Å². The number of aromatic nitrogens is 1. The van der Waals surface area contributed by atoms with Crippen LogP contribution in [0, 0.1) is 0 Å². The van der Waals surface area contributed by atoms with Gasteiger partial charge in [0.15, 0.2) is 5.76 Å². The summed E-state index contributed by atoms with van der Waals surface area (Å²) in [6.45, 7) is 2.49. The third-order valence-corrected chi connectivity index (χ3v) is 5.88. The van der Waals surface area contributed by atoms with E-state index in [4.69, 9.17) is 8.83 Å². The molecule has 5 rings (SSSR count). The number of likely N-dealkylation sites (tertiary alicyclic amines) is 1. The average Bonchev–Trinajstić information content (AvgIpc) is 3.63. The van der Waals surface area contributed by atoms with E-state index in [1.165, 1.54) is 12.8 Å². The molecule has 1 fully saturated rings. The number of nitrogens with zero attached hydrogens (tertiary/aromatic N) is 2. The van der Waals surface area contributed by atoms with Gasteiger partial charge < -0.3 is 14.2 Å². The van der Waals surface area contributed by atoms with E-state index in [-0.39, 0.29) is 11.9 Å². The normalized spacial score (nSPS) is 15.0. The highest BCUT2D eigenvalue weighted by Crippen LogP contribution is 2.29. The molecule has 162 valence electrons. The molecule has 3 heterocycles. The molecule has 0 spiro atoms. The molecule has 1 aliphatic rings. The Kier molecular flexibility index (Phi) is 5.85. The van der Waals surface area contributed by atoms with E-state index in [1.54, 1.807) is 18.5 Å². The van der Waals surface area contributed by atoms with Crippen molar-refractivity contribution >= 4 is 5.91 Å². The molecule has 32 heavy (non-hydrogen) atoms. The van der Waals surface area contributed by atoms with Gasteiger partial charge in [-0.3, -0.25) is 9.69 Å². The van der Waals surface area contributed by atoms with Crippen LogP contribution in [0.1, 0.15) is 35.0 Å². The number of carbonyl (C=O) groups excluding carboxylic acids is 1. The predicted octanol–water partition coefficient (Wildman–Crippen LogP) is 5.17. The first-order chi connectivity index (χ1) is 15.8. The second-order valence-corrected chi connectivity index (χ2v) is 7.93. The Morgan fingerprint density at radius 1 is 1.00 bits per heavy atom. The van der Waals surface area contributed by atoms with Crippen molar-refractivity contribution in [2.45, 2.75) is 18.9 Å². The summed E-state index contributed by atoms with van der Waals surface area (Å²) in [5.74, 6) is 1.82. The van der Waals surface area contributed by atoms with E-state index < -0.39 is 0 Å². The zero-order valence-corrected chi connectivity index (χ0v) is 17.7. The number of oxazole rings is 1. The van der Waals surface area contributed by atoms with Gasteiger partial charge >= 0.3 is 0 Å². The van der Waals surface area contributed by atoms with Crippen LogP contribution in [0.2, 0.25) is 0 Å². The SMILES string of the molecule is O=C(NCC(c1ccco1)N1CCCC1)c1ccccc1-c1ncc(-c2ccccc2)o1. The molecule has 1 amide bonds. The van der Waals surface area contributed by atoms with Crippen LogP contribution in [0.5, 0.6) is 0 Å². The van der Waals surface area contributed by atoms with Gasteiger partial charge in [0.05, 0.1) is 24.1 Å². The molecule has 1 atom stereocenters. The van der Waals surface area contributed by atoms with Crippen LogP contribution in [0.25, 0.3) is 22.8 Å². The molecule has 0 bridgehead atoms. The Bertz CT molecular complexity index is 1160. The van der Waals surface area contributed by atoms with Gasteiger partial charge in [0.1, 0.15) is 5.76 Å². The Labute approximate surface area is 186 Å². The van der Waals surface area contributed by atoms with Crippen LogP contribution in [0.3, 0.4) is 0 Å². The fourth-order valence-corrected chi connectivity index (χ4v) is 4.23. The summed E-state index contributed by atoms with van der Waals surface area (Å²) in [6.07, 6.45) is 5.71. The van der Waals surface area contributed by atoms with E-state index >= 15 is 0 Å². The summed E-state index contributed by atoms with van der Waals surface area (Å²) in [5.41, 5.74) is 2.15. The summed E-state index contributed by atoms with van der Waals surface area (Å²) >= 11 is 0. The van der Waals surface area contributed by atoms with Crippen LogP contribution in [0.4, 0.5) is 0 Å². The Morgan fingerprint density at radius 3 is 2.56 bits per heavy atom. The van der Waals surface area contributed by atoms with E-state index in [0.29, 0.717) is 29.3 Å². The van der Waals surface area contributed by atoms with Crippen LogP contribution < -0.4 is 5.32 Å². The number of benzene rings is 2. The van der Waals surface area contributed by atoms with Crippen molar-refractivity contribution in [3.8, 4) is 22.8 Å². The number of nitrogens with one attached hydrogen (secondary N) is 1. The van der Waals surface area contributed by atoms with Crippen LogP contribution in [0.15, 0.2) is 88.0 Å². The third kappa shape index (κ3) is 4.22. The topological polar surface area (TPSA) is 71.5 Å². The summed E-state index contributed by atoms with van der Waals surface area (Å²) < 4.78 is 11.7. The average molecular weight is 428 g/mol. The van der Waals surface area contributed by atoms with Crippen molar-refractivity contribution in [1.82, 2.24) is 15.2 Å². The first-order valence-electron chi connectivity index (χ1n) is 11.0. The van der Waals surface area contributed by atoms with Gasteiger partial charge in [-0.25, -0.2) is 4.98 Å². The number of hydrogen-bond donors (Lipinski definition) is 1. The molecule has 0 radical (unpaired) electrons. The predicted molar refractivity (Wildman–Crippen MR) is 122 cm³/mol. The molecule has 0 saturated carbocycles. The van der Waals surface area contributed by atoms with Gasteiger partial charge in [0.2, 0.25) is 5.89 Å². The van der Waals surface area contributed by atoms with Crippen LogP contribution in [-0.2, 0) is 0 Å². The second-order valence-electron chi connectivity index (χ2n) is 7.93. The van der Waals surface area contributed by atoms with Crippen molar-refractivity contribution in [1.29, 1.82) is 0 Å². The standard InChI is InChI=1S/C26H25N3O3/c30-25(27-17-22(23-13-8-16-31-23)29-14-6-7-15-29)20-11-4-5-12-21(20)26-28-18-24(32-26)19-9-2-1-3-10-19/h1-5,8-13,16,18,22H,6-7,14-15,17H2,(H,27,30). The highest BCUT2D eigenvalue weighted by molar-refractivity contribution is 6.00. The third-order valence-electron chi connectivity index (χ3n) is 5.88. The molecule has 2 aromatic heterocycles. The fraction of sp³-hybridized carbons (Fsp3) is 0.231. The Morgan fingerprint density at radius 2 is 1.78 bits per heavy atom. The second kappa shape index (κ2) is 9.24. The zero-order chi connectivity index (χ0) is 21.8. The summed E-state index contributed by atoms with van der Waals surface area (Å²) in [5, 5.41) is 3.10. The molecule has 4 aromatic rings. The van der Waals surface area contributed by atoms with E-state index in [2.05, 4.69) is 15.2 Å². The minimum atomic E-state index is -0.157. The molecule has 6 heteroatoms. The zero-order valence-electron chi connectivity index (χ0n) is 17.7. The number of rotatable bonds is 7. The molecule has 1 saturated heterocycles. The lowest BCUT2D eigenvalue weighted by Gasteiger charge is -2.26. The molecule has 0 aliphatic carbocycles. The van der Waals surface area contributed by atoms with Gasteiger partial charge in [-0.15, -0.1) is 0 Å². The summed E-state index contributed by atoms with van der Waals surface area (Å²) in [6, 6.07) is 21.1. The Balaban J connectivity index is 1.35. The minimum absolute atomic E-state index is 0.0232. The summed E-state index contributed by atoms with van der Waals surface area (Å²) in [4.78, 5) is 20.0. The quantitative estimate of drug-likeness (QED) is 0.441. The van der Waals surface area contributed by atoms with Crippen LogP contribution >= 0.6 is 0 Å². The van der Waals surface area contributed by atoms with Crippen molar-refractivity contribution in [3.63, 3.8) is 0 Å². The number of furan rings is 1. The van der Waals surface area contributed by atoms with Crippen LogP contribution in [-0.4, -0.2) is 35.4 Å². The maximum Gasteiger partial charge on any atom is 0.252 e. The molecule has 1 aliphatic heterocycles. The summed E-state index contributed by atoms with van der Waals surface area (Å²) in [7, 11) is 0. The largest absolute Gasteiger partial charge is 0.468 e.